The number of anilines is 1. The normalized spacial score (nSPS) is 21.6. The third-order valence-electron chi connectivity index (χ3n) is 3.45. The zero-order valence-electron chi connectivity index (χ0n) is 10.3. The molecule has 88 valence electrons. The predicted octanol–water partition coefficient (Wildman–Crippen LogP) is 3.32. The van der Waals surface area contributed by atoms with Crippen LogP contribution in [0.15, 0.2) is 24.3 Å². The lowest BCUT2D eigenvalue weighted by atomic mass is 10.0. The maximum atomic E-state index is 5.18. The van der Waals surface area contributed by atoms with Gasteiger partial charge in [-0.1, -0.05) is 6.92 Å². The highest BCUT2D eigenvalue weighted by Crippen LogP contribution is 2.24. The summed E-state index contributed by atoms with van der Waals surface area (Å²) in [5, 5.41) is 0. The molecule has 2 heteroatoms. The summed E-state index contributed by atoms with van der Waals surface area (Å²) >= 11 is 0. The molecule has 1 fully saturated rings. The van der Waals surface area contributed by atoms with E-state index in [0.717, 1.165) is 11.7 Å². The number of nitrogens with zero attached hydrogens (tertiary/aromatic N) is 1. The average molecular weight is 219 g/mol. The van der Waals surface area contributed by atoms with Crippen molar-refractivity contribution in [2.24, 2.45) is 5.92 Å². The topological polar surface area (TPSA) is 12.5 Å². The maximum Gasteiger partial charge on any atom is 0.119 e. The van der Waals surface area contributed by atoms with E-state index in [4.69, 9.17) is 4.74 Å². The van der Waals surface area contributed by atoms with E-state index in [1.54, 1.807) is 7.11 Å². The Hall–Kier alpha value is -1.18. The van der Waals surface area contributed by atoms with Gasteiger partial charge in [-0.05, 0) is 49.4 Å². The highest BCUT2D eigenvalue weighted by molar-refractivity contribution is 5.49. The maximum absolute atomic E-state index is 5.18. The van der Waals surface area contributed by atoms with Crippen molar-refractivity contribution in [3.63, 3.8) is 0 Å². The first-order valence-electron chi connectivity index (χ1n) is 6.18. The number of rotatable bonds is 2. The Morgan fingerprint density at radius 1 is 1.12 bits per heavy atom. The SMILES string of the molecule is COc1ccc(N2CCC[C@H](C)CC2)cc1. The van der Waals surface area contributed by atoms with E-state index in [2.05, 4.69) is 24.0 Å². The van der Waals surface area contributed by atoms with Crippen molar-refractivity contribution in [1.29, 1.82) is 0 Å². The van der Waals surface area contributed by atoms with Gasteiger partial charge in [-0.3, -0.25) is 0 Å². The number of benzene rings is 1. The first kappa shape index (κ1) is 11.3. The quantitative estimate of drug-likeness (QED) is 0.756. The van der Waals surface area contributed by atoms with Gasteiger partial charge in [0, 0.05) is 18.8 Å². The fraction of sp³-hybridized carbons (Fsp3) is 0.571. The van der Waals surface area contributed by atoms with Gasteiger partial charge < -0.3 is 9.64 Å². The second-order valence-electron chi connectivity index (χ2n) is 4.72. The smallest absolute Gasteiger partial charge is 0.119 e. The van der Waals surface area contributed by atoms with Crippen LogP contribution in [0, 0.1) is 5.92 Å². The third-order valence-corrected chi connectivity index (χ3v) is 3.45. The van der Waals surface area contributed by atoms with E-state index in [-0.39, 0.29) is 0 Å². The second kappa shape index (κ2) is 5.24. The van der Waals surface area contributed by atoms with Gasteiger partial charge in [-0.2, -0.15) is 0 Å². The van der Waals surface area contributed by atoms with Gasteiger partial charge in [-0.15, -0.1) is 0 Å². The molecule has 1 heterocycles. The van der Waals surface area contributed by atoms with E-state index in [0.29, 0.717) is 0 Å². The zero-order chi connectivity index (χ0) is 11.4. The number of hydrogen-bond acceptors (Lipinski definition) is 2. The molecular formula is C14H21NO. The Kier molecular flexibility index (Phi) is 3.70. The van der Waals surface area contributed by atoms with Crippen LogP contribution in [0.25, 0.3) is 0 Å². The summed E-state index contributed by atoms with van der Waals surface area (Å²) in [4.78, 5) is 2.49. The van der Waals surface area contributed by atoms with Crippen molar-refractivity contribution in [2.45, 2.75) is 26.2 Å². The first-order valence-corrected chi connectivity index (χ1v) is 6.18. The van der Waals surface area contributed by atoms with Crippen LogP contribution in [0.1, 0.15) is 26.2 Å². The fourth-order valence-electron chi connectivity index (χ4n) is 2.31. The van der Waals surface area contributed by atoms with Crippen LogP contribution in [-0.2, 0) is 0 Å². The molecule has 0 aromatic heterocycles. The molecule has 1 aliphatic rings. The molecule has 0 N–H and O–H groups in total. The van der Waals surface area contributed by atoms with Gasteiger partial charge in [0.25, 0.3) is 0 Å². The molecule has 0 bridgehead atoms. The van der Waals surface area contributed by atoms with Crippen molar-refractivity contribution >= 4 is 5.69 Å². The lowest BCUT2D eigenvalue weighted by Crippen LogP contribution is -2.23. The molecule has 1 atom stereocenters. The van der Waals surface area contributed by atoms with Crippen molar-refractivity contribution in [3.05, 3.63) is 24.3 Å². The molecule has 2 rings (SSSR count). The van der Waals surface area contributed by atoms with E-state index in [1.165, 1.54) is 38.0 Å². The highest BCUT2D eigenvalue weighted by Gasteiger charge is 2.13. The summed E-state index contributed by atoms with van der Waals surface area (Å²) in [6.07, 6.45) is 3.99. The number of hydrogen-bond donors (Lipinski definition) is 0. The lowest BCUT2D eigenvalue weighted by Gasteiger charge is -2.22. The molecule has 2 nitrogen and oxygen atoms in total. The number of ether oxygens (including phenoxy) is 1. The molecule has 0 aliphatic carbocycles. The van der Waals surface area contributed by atoms with Crippen molar-refractivity contribution in [2.75, 3.05) is 25.1 Å². The summed E-state index contributed by atoms with van der Waals surface area (Å²) in [6.45, 7) is 4.74. The lowest BCUT2D eigenvalue weighted by molar-refractivity contribution is 0.415. The van der Waals surface area contributed by atoms with Gasteiger partial charge in [-0.25, -0.2) is 0 Å². The molecule has 0 spiro atoms. The number of methoxy groups -OCH3 is 1. The van der Waals surface area contributed by atoms with Gasteiger partial charge in [0.1, 0.15) is 5.75 Å². The molecule has 16 heavy (non-hydrogen) atoms. The van der Waals surface area contributed by atoms with Crippen LogP contribution in [0.3, 0.4) is 0 Å². The Bertz CT molecular complexity index is 320. The second-order valence-corrected chi connectivity index (χ2v) is 4.72. The molecule has 1 aromatic rings. The minimum Gasteiger partial charge on any atom is -0.497 e. The van der Waals surface area contributed by atoms with E-state index < -0.39 is 0 Å². The zero-order valence-corrected chi connectivity index (χ0v) is 10.3. The van der Waals surface area contributed by atoms with Gasteiger partial charge in [0.15, 0.2) is 0 Å². The standard InChI is InChI=1S/C14H21NO/c1-12-4-3-10-15(11-9-12)13-5-7-14(16-2)8-6-13/h5-8,12H,3-4,9-11H2,1-2H3/t12-/m0/s1. The summed E-state index contributed by atoms with van der Waals surface area (Å²) in [7, 11) is 1.71. The van der Waals surface area contributed by atoms with E-state index in [9.17, 15) is 0 Å². The Morgan fingerprint density at radius 2 is 1.88 bits per heavy atom. The van der Waals surface area contributed by atoms with Gasteiger partial charge in [0.05, 0.1) is 7.11 Å². The van der Waals surface area contributed by atoms with Gasteiger partial charge in [0.2, 0.25) is 0 Å². The fourth-order valence-corrected chi connectivity index (χ4v) is 2.31. The van der Waals surface area contributed by atoms with Crippen molar-refractivity contribution in [1.82, 2.24) is 0 Å². The third kappa shape index (κ3) is 2.69. The van der Waals surface area contributed by atoms with Crippen molar-refractivity contribution < 1.29 is 4.74 Å². The van der Waals surface area contributed by atoms with Crippen LogP contribution >= 0.6 is 0 Å². The van der Waals surface area contributed by atoms with E-state index >= 15 is 0 Å². The highest BCUT2D eigenvalue weighted by atomic mass is 16.5. The van der Waals surface area contributed by atoms with Crippen molar-refractivity contribution in [3.8, 4) is 5.75 Å². The predicted molar refractivity (Wildman–Crippen MR) is 68.2 cm³/mol. The monoisotopic (exact) mass is 219 g/mol. The largest absolute Gasteiger partial charge is 0.497 e. The van der Waals surface area contributed by atoms with Crippen LogP contribution in [0.5, 0.6) is 5.75 Å². The summed E-state index contributed by atoms with van der Waals surface area (Å²) in [5.41, 5.74) is 1.33. The summed E-state index contributed by atoms with van der Waals surface area (Å²) in [5.74, 6) is 1.81. The molecule has 1 aromatic carbocycles. The molecule has 0 unspecified atom stereocenters. The molecular weight excluding hydrogens is 198 g/mol. The summed E-state index contributed by atoms with van der Waals surface area (Å²) < 4.78 is 5.18. The van der Waals surface area contributed by atoms with Crippen LogP contribution in [-0.4, -0.2) is 20.2 Å². The van der Waals surface area contributed by atoms with Crippen LogP contribution in [0.2, 0.25) is 0 Å². The van der Waals surface area contributed by atoms with Crippen LogP contribution in [0.4, 0.5) is 5.69 Å². The Balaban J connectivity index is 2.04. The minimum atomic E-state index is 0.878. The van der Waals surface area contributed by atoms with Crippen LogP contribution < -0.4 is 9.64 Å². The molecule has 1 saturated heterocycles. The molecule has 0 radical (unpaired) electrons. The molecule has 1 aliphatic heterocycles. The average Bonchev–Trinajstić information content (AvgIpc) is 2.54. The minimum absolute atomic E-state index is 0.878. The molecule has 0 amide bonds. The first-order chi connectivity index (χ1) is 7.79. The summed E-state index contributed by atoms with van der Waals surface area (Å²) in [6, 6.07) is 8.41. The Labute approximate surface area is 98.2 Å². The Morgan fingerprint density at radius 3 is 2.56 bits per heavy atom. The molecule has 0 saturated carbocycles. The van der Waals surface area contributed by atoms with Gasteiger partial charge >= 0.3 is 0 Å². The van der Waals surface area contributed by atoms with E-state index in [1.807, 2.05) is 12.1 Å².